The number of nitro groups is 1. The van der Waals surface area contributed by atoms with Crippen molar-refractivity contribution in [3.63, 3.8) is 0 Å². The predicted octanol–water partition coefficient (Wildman–Crippen LogP) is 3.62. The average molecular weight is 390 g/mol. The van der Waals surface area contributed by atoms with Gasteiger partial charge in [-0.2, -0.15) is 0 Å². The number of hydrogen-bond donors (Lipinski definition) is 2. The van der Waals surface area contributed by atoms with E-state index in [1.54, 1.807) is 24.3 Å². The molecule has 0 radical (unpaired) electrons. The van der Waals surface area contributed by atoms with Crippen molar-refractivity contribution in [2.75, 3.05) is 17.2 Å². The van der Waals surface area contributed by atoms with Crippen LogP contribution < -0.4 is 10.6 Å². The quantitative estimate of drug-likeness (QED) is 0.599. The zero-order valence-corrected chi connectivity index (χ0v) is 14.9. The molecule has 0 aromatic heterocycles. The largest absolute Gasteiger partial charge is 0.368 e. The van der Waals surface area contributed by atoms with Gasteiger partial charge in [0.05, 0.1) is 4.92 Å². The van der Waals surface area contributed by atoms with Gasteiger partial charge in [-0.15, -0.1) is 0 Å². The molecule has 27 heavy (non-hydrogen) atoms. The van der Waals surface area contributed by atoms with E-state index in [2.05, 4.69) is 10.6 Å². The number of halogens is 1. The Kier molecular flexibility index (Phi) is 5.68. The number of nitrogens with one attached hydrogen (secondary N) is 2. The summed E-state index contributed by atoms with van der Waals surface area (Å²) in [5.74, 6) is -0.837. The first-order valence-electron chi connectivity index (χ1n) is 8.22. The van der Waals surface area contributed by atoms with Gasteiger partial charge in [0.2, 0.25) is 0 Å². The Hall–Kier alpha value is -2.97. The van der Waals surface area contributed by atoms with Gasteiger partial charge in [0.25, 0.3) is 17.5 Å². The molecule has 0 aliphatic carbocycles. The number of nitrogens with zero attached hydrogens (tertiary/aromatic N) is 1. The van der Waals surface area contributed by atoms with Gasteiger partial charge in [0.1, 0.15) is 11.7 Å². The van der Waals surface area contributed by atoms with E-state index < -0.39 is 16.9 Å². The van der Waals surface area contributed by atoms with Gasteiger partial charge in [-0.05, 0) is 49.2 Å². The molecule has 1 aliphatic heterocycles. The molecule has 9 heteroatoms. The Morgan fingerprint density at radius 3 is 2.37 bits per heavy atom. The summed E-state index contributed by atoms with van der Waals surface area (Å²) < 4.78 is 5.32. The van der Waals surface area contributed by atoms with E-state index in [9.17, 15) is 19.7 Å². The van der Waals surface area contributed by atoms with E-state index >= 15 is 0 Å². The highest BCUT2D eigenvalue weighted by atomic mass is 35.5. The van der Waals surface area contributed by atoms with Gasteiger partial charge in [-0.25, -0.2) is 0 Å². The van der Waals surface area contributed by atoms with Crippen molar-refractivity contribution in [2.24, 2.45) is 0 Å². The van der Waals surface area contributed by atoms with Gasteiger partial charge < -0.3 is 15.4 Å². The number of rotatable bonds is 5. The van der Waals surface area contributed by atoms with Crippen molar-refractivity contribution in [2.45, 2.75) is 18.9 Å². The fourth-order valence-electron chi connectivity index (χ4n) is 2.69. The van der Waals surface area contributed by atoms with Crippen molar-refractivity contribution in [3.8, 4) is 0 Å². The molecule has 2 aromatic carbocycles. The number of carbonyl (C=O) groups excluding carboxylic acids is 2. The summed E-state index contributed by atoms with van der Waals surface area (Å²) in [6.45, 7) is 0.583. The lowest BCUT2D eigenvalue weighted by Crippen LogP contribution is -2.26. The minimum Gasteiger partial charge on any atom is -0.368 e. The third-order valence-corrected chi connectivity index (χ3v) is 4.27. The first-order valence-corrected chi connectivity index (χ1v) is 8.59. The van der Waals surface area contributed by atoms with Gasteiger partial charge in [-0.1, -0.05) is 11.6 Å². The number of nitro benzene ring substituents is 1. The fraction of sp³-hybridized carbons (Fsp3) is 0.222. The molecule has 3 rings (SSSR count). The van der Waals surface area contributed by atoms with Crippen LogP contribution in [0.5, 0.6) is 0 Å². The third-order valence-electron chi connectivity index (χ3n) is 4.03. The van der Waals surface area contributed by atoms with Crippen LogP contribution in [0.15, 0.2) is 42.5 Å². The molecule has 0 unspecified atom stereocenters. The molecule has 1 saturated heterocycles. The summed E-state index contributed by atoms with van der Waals surface area (Å²) >= 11 is 5.75. The summed E-state index contributed by atoms with van der Waals surface area (Å²) in [6.07, 6.45) is 1.12. The highest BCUT2D eigenvalue weighted by Gasteiger charge is 2.23. The summed E-state index contributed by atoms with van der Waals surface area (Å²) in [6, 6.07) is 10.3. The second kappa shape index (κ2) is 8.15. The first kappa shape index (κ1) is 18.8. The molecule has 2 N–H and O–H groups in total. The molecule has 1 aliphatic rings. The zero-order valence-electron chi connectivity index (χ0n) is 14.1. The van der Waals surface area contributed by atoms with Crippen molar-refractivity contribution in [3.05, 3.63) is 63.2 Å². The number of benzene rings is 2. The normalized spacial score (nSPS) is 16.0. The van der Waals surface area contributed by atoms with E-state index in [1.807, 2.05) is 0 Å². The smallest absolute Gasteiger partial charge is 0.283 e. The number of ether oxygens (including phenoxy) is 1. The lowest BCUT2D eigenvalue weighted by Gasteiger charge is -2.11. The standard InChI is InChI=1S/C18H16ClN3O5/c19-11-3-8-14(15(10-11)22(25)26)17(23)20-12-4-6-13(7-5-12)21-18(24)16-2-1-9-27-16/h3-8,10,16H,1-2,9H2,(H,20,23)(H,21,24)/t16-/m0/s1. The maximum absolute atomic E-state index is 12.3. The second-order valence-electron chi connectivity index (χ2n) is 5.94. The lowest BCUT2D eigenvalue weighted by molar-refractivity contribution is -0.385. The maximum Gasteiger partial charge on any atom is 0.283 e. The highest BCUT2D eigenvalue weighted by molar-refractivity contribution is 6.31. The molecular weight excluding hydrogens is 374 g/mol. The average Bonchev–Trinajstić information content (AvgIpc) is 3.18. The van der Waals surface area contributed by atoms with Gasteiger partial charge >= 0.3 is 0 Å². The molecule has 2 amide bonds. The molecule has 0 saturated carbocycles. The Labute approximate surface area is 159 Å². The zero-order chi connectivity index (χ0) is 19.4. The van der Waals surface area contributed by atoms with E-state index in [0.717, 1.165) is 12.5 Å². The third kappa shape index (κ3) is 4.60. The number of anilines is 2. The molecule has 1 heterocycles. The van der Waals surface area contributed by atoms with E-state index in [1.165, 1.54) is 12.1 Å². The van der Waals surface area contributed by atoms with Crippen molar-refractivity contribution >= 4 is 40.5 Å². The van der Waals surface area contributed by atoms with Crippen molar-refractivity contribution in [1.82, 2.24) is 0 Å². The van der Waals surface area contributed by atoms with E-state index in [0.29, 0.717) is 24.4 Å². The minimum atomic E-state index is -0.662. The van der Waals surface area contributed by atoms with Crippen LogP contribution in [0.25, 0.3) is 0 Å². The first-order chi connectivity index (χ1) is 12.9. The Morgan fingerprint density at radius 2 is 1.78 bits per heavy atom. The molecule has 0 bridgehead atoms. The Balaban J connectivity index is 1.67. The fourth-order valence-corrected chi connectivity index (χ4v) is 2.86. The number of hydrogen-bond acceptors (Lipinski definition) is 5. The van der Waals surface area contributed by atoms with E-state index in [-0.39, 0.29) is 22.2 Å². The predicted molar refractivity (Wildman–Crippen MR) is 100 cm³/mol. The van der Waals surface area contributed by atoms with Crippen LogP contribution in [-0.4, -0.2) is 29.4 Å². The van der Waals surface area contributed by atoms with Gasteiger partial charge in [0.15, 0.2) is 0 Å². The summed E-state index contributed by atoms with van der Waals surface area (Å²) in [5, 5.41) is 16.6. The topological polar surface area (TPSA) is 111 Å². The van der Waals surface area contributed by atoms with Crippen LogP contribution in [0.3, 0.4) is 0 Å². The van der Waals surface area contributed by atoms with Crippen LogP contribution >= 0.6 is 11.6 Å². The highest BCUT2D eigenvalue weighted by Crippen LogP contribution is 2.24. The van der Waals surface area contributed by atoms with Gasteiger partial charge in [-0.3, -0.25) is 19.7 Å². The lowest BCUT2D eigenvalue weighted by atomic mass is 10.1. The van der Waals surface area contributed by atoms with Crippen LogP contribution in [0, 0.1) is 10.1 Å². The van der Waals surface area contributed by atoms with Gasteiger partial charge in [0, 0.05) is 29.1 Å². The van der Waals surface area contributed by atoms with Crippen LogP contribution in [0.2, 0.25) is 5.02 Å². The van der Waals surface area contributed by atoms with Crippen molar-refractivity contribution < 1.29 is 19.2 Å². The summed E-state index contributed by atoms with van der Waals surface area (Å²) in [7, 11) is 0. The number of carbonyl (C=O) groups is 2. The number of amides is 2. The van der Waals surface area contributed by atoms with Crippen LogP contribution in [-0.2, 0) is 9.53 Å². The second-order valence-corrected chi connectivity index (χ2v) is 6.38. The molecule has 0 spiro atoms. The van der Waals surface area contributed by atoms with E-state index in [4.69, 9.17) is 16.3 Å². The summed E-state index contributed by atoms with van der Waals surface area (Å²) in [5.41, 5.74) is 0.519. The minimum absolute atomic E-state index is 0.0971. The van der Waals surface area contributed by atoms with Crippen molar-refractivity contribution in [1.29, 1.82) is 0 Å². The Morgan fingerprint density at radius 1 is 1.11 bits per heavy atom. The summed E-state index contributed by atoms with van der Waals surface area (Å²) in [4.78, 5) is 34.8. The van der Waals surface area contributed by atoms with Crippen LogP contribution in [0.4, 0.5) is 17.1 Å². The monoisotopic (exact) mass is 389 g/mol. The Bertz CT molecular complexity index is 879. The van der Waals surface area contributed by atoms with Crippen LogP contribution in [0.1, 0.15) is 23.2 Å². The molecule has 1 atom stereocenters. The maximum atomic E-state index is 12.3. The molecule has 140 valence electrons. The molecule has 1 fully saturated rings. The molecular formula is C18H16ClN3O5. The SMILES string of the molecule is O=C(Nc1ccc(NC(=O)[C@@H]2CCCO2)cc1)c1ccc(Cl)cc1[N+](=O)[O-]. The molecule has 8 nitrogen and oxygen atoms in total. The molecule has 2 aromatic rings.